The molecule has 1 aliphatic rings. The van der Waals surface area contributed by atoms with E-state index in [4.69, 9.17) is 5.73 Å². The number of hydrogen-bond donors (Lipinski definition) is 3. The molecular weight excluding hydrogens is 232 g/mol. The zero-order valence-corrected chi connectivity index (χ0v) is 11.5. The van der Waals surface area contributed by atoms with Crippen LogP contribution in [0.1, 0.15) is 52.9 Å². The molecule has 0 spiro atoms. The number of hydrogen-bond acceptors (Lipinski definition) is 3. The van der Waals surface area contributed by atoms with Gasteiger partial charge < -0.3 is 16.2 Å². The molecule has 5 heteroatoms. The smallest absolute Gasteiger partial charge is 0.329 e. The molecule has 1 amide bonds. The summed E-state index contributed by atoms with van der Waals surface area (Å²) in [7, 11) is 0. The van der Waals surface area contributed by atoms with Gasteiger partial charge in [0.2, 0.25) is 5.91 Å². The Morgan fingerprint density at radius 1 is 1.22 bits per heavy atom. The minimum absolute atomic E-state index is 0.369. The van der Waals surface area contributed by atoms with E-state index in [-0.39, 0.29) is 11.3 Å². The first-order chi connectivity index (χ1) is 8.19. The van der Waals surface area contributed by atoms with Crippen LogP contribution in [0, 0.1) is 5.41 Å². The van der Waals surface area contributed by atoms with Crippen molar-refractivity contribution >= 4 is 11.9 Å². The SMILES string of the molecule is CC(C)(C)[C@@H](N)C(=O)NC1(C(=O)O)CCCCC1. The van der Waals surface area contributed by atoms with Gasteiger partial charge in [-0.1, -0.05) is 40.0 Å². The Kier molecular flexibility index (Phi) is 4.37. The second-order valence-electron chi connectivity index (χ2n) is 6.28. The van der Waals surface area contributed by atoms with Crippen LogP contribution in [0.3, 0.4) is 0 Å². The molecule has 1 saturated carbocycles. The Morgan fingerprint density at radius 2 is 1.72 bits per heavy atom. The van der Waals surface area contributed by atoms with E-state index in [1.807, 2.05) is 20.8 Å². The highest BCUT2D eigenvalue weighted by Gasteiger charge is 2.42. The lowest BCUT2D eigenvalue weighted by atomic mass is 9.80. The normalized spacial score (nSPS) is 21.1. The van der Waals surface area contributed by atoms with Gasteiger partial charge in [0.15, 0.2) is 0 Å². The summed E-state index contributed by atoms with van der Waals surface area (Å²) in [6.45, 7) is 5.60. The fourth-order valence-electron chi connectivity index (χ4n) is 2.25. The van der Waals surface area contributed by atoms with Crippen LogP contribution in [0.2, 0.25) is 0 Å². The lowest BCUT2D eigenvalue weighted by Gasteiger charge is -2.36. The zero-order valence-electron chi connectivity index (χ0n) is 11.5. The molecule has 0 unspecified atom stereocenters. The van der Waals surface area contributed by atoms with Gasteiger partial charge in [-0.05, 0) is 18.3 Å². The molecule has 0 saturated heterocycles. The lowest BCUT2D eigenvalue weighted by molar-refractivity contribution is -0.149. The maximum Gasteiger partial charge on any atom is 0.329 e. The standard InChI is InChI=1S/C13H24N2O3/c1-12(2,3)9(14)10(16)15-13(11(17)18)7-5-4-6-8-13/h9H,4-8,14H2,1-3H3,(H,15,16)(H,17,18)/t9-/m0/s1. The van der Waals surface area contributed by atoms with Crippen molar-refractivity contribution < 1.29 is 14.7 Å². The van der Waals surface area contributed by atoms with E-state index >= 15 is 0 Å². The summed E-state index contributed by atoms with van der Waals surface area (Å²) in [5.74, 6) is -1.32. The molecule has 0 bridgehead atoms. The Bertz CT molecular complexity index is 328. The van der Waals surface area contributed by atoms with E-state index in [2.05, 4.69) is 5.32 Å². The van der Waals surface area contributed by atoms with Crippen LogP contribution in [0.15, 0.2) is 0 Å². The van der Waals surface area contributed by atoms with Crippen LogP contribution in [-0.2, 0) is 9.59 Å². The topological polar surface area (TPSA) is 92.4 Å². The van der Waals surface area contributed by atoms with Gasteiger partial charge in [-0.25, -0.2) is 4.79 Å². The third-order valence-corrected chi connectivity index (χ3v) is 3.69. The number of aliphatic carboxylic acids is 1. The number of carboxylic acids is 1. The first kappa shape index (κ1) is 15.0. The van der Waals surface area contributed by atoms with Crippen LogP contribution < -0.4 is 11.1 Å². The maximum atomic E-state index is 12.1. The second kappa shape index (κ2) is 5.26. The van der Waals surface area contributed by atoms with Gasteiger partial charge in [-0.15, -0.1) is 0 Å². The number of amides is 1. The summed E-state index contributed by atoms with van der Waals surface area (Å²) in [6, 6.07) is -0.698. The lowest BCUT2D eigenvalue weighted by Crippen LogP contribution is -2.61. The van der Waals surface area contributed by atoms with Crippen LogP contribution in [0.25, 0.3) is 0 Å². The molecule has 1 fully saturated rings. The van der Waals surface area contributed by atoms with Gasteiger partial charge in [0.1, 0.15) is 5.54 Å². The number of carbonyl (C=O) groups is 2. The first-order valence-electron chi connectivity index (χ1n) is 6.50. The van der Waals surface area contributed by atoms with Gasteiger partial charge in [0.05, 0.1) is 6.04 Å². The van der Waals surface area contributed by atoms with Crippen molar-refractivity contribution in [3.63, 3.8) is 0 Å². The van der Waals surface area contributed by atoms with Gasteiger partial charge in [0.25, 0.3) is 0 Å². The van der Waals surface area contributed by atoms with Crippen molar-refractivity contribution in [3.8, 4) is 0 Å². The largest absolute Gasteiger partial charge is 0.480 e. The summed E-state index contributed by atoms with van der Waals surface area (Å²) < 4.78 is 0. The van der Waals surface area contributed by atoms with Crippen molar-refractivity contribution in [2.75, 3.05) is 0 Å². The summed E-state index contributed by atoms with van der Waals surface area (Å²) >= 11 is 0. The number of carboxylic acid groups (broad SMARTS) is 1. The summed E-state index contributed by atoms with van der Waals surface area (Å²) in [4.78, 5) is 23.5. The van der Waals surface area contributed by atoms with Crippen LogP contribution in [0.4, 0.5) is 0 Å². The first-order valence-corrected chi connectivity index (χ1v) is 6.50. The van der Waals surface area contributed by atoms with Crippen molar-refractivity contribution in [1.82, 2.24) is 5.32 Å². The quantitative estimate of drug-likeness (QED) is 0.709. The van der Waals surface area contributed by atoms with Crippen molar-refractivity contribution in [2.45, 2.75) is 64.5 Å². The molecule has 0 aliphatic heterocycles. The minimum Gasteiger partial charge on any atom is -0.480 e. The van der Waals surface area contributed by atoms with E-state index in [9.17, 15) is 14.7 Å². The van der Waals surface area contributed by atoms with E-state index in [0.29, 0.717) is 12.8 Å². The summed E-state index contributed by atoms with van der Waals surface area (Å²) in [5, 5.41) is 12.0. The monoisotopic (exact) mass is 256 g/mol. The molecule has 104 valence electrons. The minimum atomic E-state index is -1.11. The Balaban J connectivity index is 2.79. The number of rotatable bonds is 3. The second-order valence-corrected chi connectivity index (χ2v) is 6.28. The Hall–Kier alpha value is -1.10. The van der Waals surface area contributed by atoms with Crippen molar-refractivity contribution in [2.24, 2.45) is 11.1 Å². The maximum absolute atomic E-state index is 12.1. The Morgan fingerprint density at radius 3 is 2.11 bits per heavy atom. The molecule has 0 heterocycles. The Labute approximate surface area is 108 Å². The number of nitrogens with one attached hydrogen (secondary N) is 1. The van der Waals surface area contributed by atoms with Gasteiger partial charge >= 0.3 is 5.97 Å². The number of nitrogens with two attached hydrogens (primary N) is 1. The highest BCUT2D eigenvalue weighted by atomic mass is 16.4. The molecule has 18 heavy (non-hydrogen) atoms. The predicted octanol–water partition coefficient (Wildman–Crippen LogP) is 1.26. The van der Waals surface area contributed by atoms with Crippen LogP contribution >= 0.6 is 0 Å². The molecule has 0 radical (unpaired) electrons. The average molecular weight is 256 g/mol. The molecule has 0 aromatic heterocycles. The van der Waals surface area contributed by atoms with E-state index < -0.39 is 17.6 Å². The van der Waals surface area contributed by atoms with Gasteiger partial charge in [-0.2, -0.15) is 0 Å². The zero-order chi connectivity index (χ0) is 14.0. The molecule has 0 aromatic carbocycles. The molecule has 4 N–H and O–H groups in total. The van der Waals surface area contributed by atoms with E-state index in [1.54, 1.807) is 0 Å². The summed E-state index contributed by atoms with van der Waals surface area (Å²) in [5.41, 5.74) is 4.38. The van der Waals surface area contributed by atoms with Gasteiger partial charge in [-0.3, -0.25) is 4.79 Å². The fraction of sp³-hybridized carbons (Fsp3) is 0.846. The molecule has 1 atom stereocenters. The van der Waals surface area contributed by atoms with Crippen molar-refractivity contribution in [3.05, 3.63) is 0 Å². The summed E-state index contributed by atoms with van der Waals surface area (Å²) in [6.07, 6.45) is 3.67. The number of carbonyl (C=O) groups excluding carboxylic acids is 1. The molecule has 0 aromatic rings. The van der Waals surface area contributed by atoms with Crippen LogP contribution in [0.5, 0.6) is 0 Å². The molecule has 5 nitrogen and oxygen atoms in total. The predicted molar refractivity (Wildman–Crippen MR) is 69.0 cm³/mol. The molecule has 1 aliphatic carbocycles. The fourth-order valence-corrected chi connectivity index (χ4v) is 2.25. The van der Waals surface area contributed by atoms with Gasteiger partial charge in [0, 0.05) is 0 Å². The van der Waals surface area contributed by atoms with E-state index in [0.717, 1.165) is 19.3 Å². The molecule has 1 rings (SSSR count). The molecular formula is C13H24N2O3. The van der Waals surface area contributed by atoms with Crippen molar-refractivity contribution in [1.29, 1.82) is 0 Å². The average Bonchev–Trinajstić information content (AvgIpc) is 2.27. The third kappa shape index (κ3) is 3.22. The highest BCUT2D eigenvalue weighted by Crippen LogP contribution is 2.29. The van der Waals surface area contributed by atoms with Crippen LogP contribution in [-0.4, -0.2) is 28.6 Å². The third-order valence-electron chi connectivity index (χ3n) is 3.69. The van der Waals surface area contributed by atoms with E-state index in [1.165, 1.54) is 0 Å². The highest BCUT2D eigenvalue weighted by molar-refractivity contribution is 5.90.